The summed E-state index contributed by atoms with van der Waals surface area (Å²) in [7, 11) is 0. The maximum absolute atomic E-state index is 14.1. The molecular weight excluding hydrogens is 522 g/mol. The van der Waals surface area contributed by atoms with Crippen molar-refractivity contribution >= 4 is 47.8 Å². The Labute approximate surface area is 237 Å². The molecule has 2 rings (SSSR count). The highest BCUT2D eigenvalue weighted by Crippen LogP contribution is 2.33. The van der Waals surface area contributed by atoms with Crippen LogP contribution in [0.25, 0.3) is 0 Å². The molecule has 0 aliphatic heterocycles. The van der Waals surface area contributed by atoms with Gasteiger partial charge in [0.1, 0.15) is 17.7 Å². The van der Waals surface area contributed by atoms with Gasteiger partial charge in [-0.05, 0) is 83.2 Å². The summed E-state index contributed by atoms with van der Waals surface area (Å²) in [5.74, 6) is -0.814. The van der Waals surface area contributed by atoms with Gasteiger partial charge >= 0.3 is 6.09 Å². The van der Waals surface area contributed by atoms with E-state index in [2.05, 4.69) is 23.3 Å². The molecule has 2 N–H and O–H groups in total. The first-order valence-corrected chi connectivity index (χ1v) is 13.8. The van der Waals surface area contributed by atoms with E-state index in [0.29, 0.717) is 22.7 Å². The fraction of sp³-hybridized carbons (Fsp3) is 0.483. The number of halogens is 1. The molecule has 3 unspecified atom stereocenters. The van der Waals surface area contributed by atoms with E-state index in [1.54, 1.807) is 31.7 Å². The number of alkyl carbamates (subject to hydrolysis) is 1. The van der Waals surface area contributed by atoms with Crippen LogP contribution in [0.5, 0.6) is 0 Å². The number of amides is 3. The smallest absolute Gasteiger partial charge is 0.408 e. The Morgan fingerprint density at radius 3 is 2.21 bits per heavy atom. The quantitative estimate of drug-likeness (QED) is 0.309. The minimum Gasteiger partial charge on any atom is -0.444 e. The van der Waals surface area contributed by atoms with Crippen LogP contribution in [-0.4, -0.2) is 46.2 Å². The first-order valence-electron chi connectivity index (χ1n) is 12.8. The average Bonchev–Trinajstić information content (AvgIpc) is 2.83. The molecule has 0 heterocycles. The van der Waals surface area contributed by atoms with Crippen molar-refractivity contribution in [2.24, 2.45) is 0 Å². The van der Waals surface area contributed by atoms with Gasteiger partial charge in [-0.25, -0.2) is 4.79 Å². The SMILES string of the molecule is CCC(C)N(C(=O)C(CS)NC(=O)OC(C)(C)C)C(C(=O)Nc1c(C)cccc1Cl)c1cccc(C)c1C. The molecule has 9 heteroatoms. The number of nitrogens with one attached hydrogen (secondary N) is 2. The van der Waals surface area contributed by atoms with Crippen LogP contribution >= 0.6 is 24.2 Å². The number of carbonyl (C=O) groups excluding carboxylic acids is 3. The van der Waals surface area contributed by atoms with E-state index in [0.717, 1.165) is 16.7 Å². The standard InChI is InChI=1S/C29H40ClN3O4S/c1-9-19(4)33(27(35)23(16-38)31-28(36)37-29(6,7)8)25(21-14-10-12-17(2)20(21)5)26(34)32-24-18(3)13-11-15-22(24)30/h10-15,19,23,25,38H,9,16H2,1-8H3,(H,31,36)(H,32,34). The molecule has 0 saturated heterocycles. The van der Waals surface area contributed by atoms with Crippen molar-refractivity contribution < 1.29 is 19.1 Å². The Hall–Kier alpha value is -2.71. The van der Waals surface area contributed by atoms with E-state index in [1.165, 1.54) is 0 Å². The predicted molar refractivity (Wildman–Crippen MR) is 157 cm³/mol. The molecule has 3 amide bonds. The summed E-state index contributed by atoms with van der Waals surface area (Å²) in [5.41, 5.74) is 3.13. The van der Waals surface area contributed by atoms with Crippen LogP contribution in [0.3, 0.4) is 0 Å². The van der Waals surface area contributed by atoms with Crippen LogP contribution in [0.2, 0.25) is 5.02 Å². The van der Waals surface area contributed by atoms with Gasteiger partial charge in [0.25, 0.3) is 5.91 Å². The lowest BCUT2D eigenvalue weighted by Crippen LogP contribution is -2.55. The number of rotatable bonds is 9. The van der Waals surface area contributed by atoms with Crippen molar-refractivity contribution in [3.05, 3.63) is 63.7 Å². The zero-order chi connectivity index (χ0) is 28.8. The van der Waals surface area contributed by atoms with Crippen LogP contribution in [0.1, 0.15) is 69.3 Å². The minimum absolute atomic E-state index is 0.0236. The van der Waals surface area contributed by atoms with Gasteiger partial charge in [0.2, 0.25) is 5.91 Å². The summed E-state index contributed by atoms with van der Waals surface area (Å²) in [5, 5.41) is 6.01. The van der Waals surface area contributed by atoms with Gasteiger partial charge < -0.3 is 20.3 Å². The molecule has 2 aromatic carbocycles. The molecule has 2 aromatic rings. The molecule has 0 fully saturated rings. The van der Waals surface area contributed by atoms with E-state index >= 15 is 0 Å². The van der Waals surface area contributed by atoms with E-state index in [4.69, 9.17) is 16.3 Å². The first kappa shape index (κ1) is 31.5. The Morgan fingerprint density at radius 2 is 1.66 bits per heavy atom. The summed E-state index contributed by atoms with van der Waals surface area (Å²) in [6, 6.07) is 8.71. The van der Waals surface area contributed by atoms with Gasteiger partial charge in [-0.15, -0.1) is 0 Å². The molecule has 0 spiro atoms. The maximum atomic E-state index is 14.1. The number of thiol groups is 1. The van der Waals surface area contributed by atoms with Crippen molar-refractivity contribution in [1.29, 1.82) is 0 Å². The van der Waals surface area contributed by atoms with Crippen LogP contribution in [0, 0.1) is 20.8 Å². The summed E-state index contributed by atoms with van der Waals surface area (Å²) in [6.45, 7) is 14.8. The molecule has 38 heavy (non-hydrogen) atoms. The highest BCUT2D eigenvalue weighted by atomic mass is 35.5. The third-order valence-electron chi connectivity index (χ3n) is 6.43. The number of carbonyl (C=O) groups is 3. The lowest BCUT2D eigenvalue weighted by atomic mass is 9.93. The molecule has 0 aliphatic rings. The number of para-hydroxylation sites is 1. The maximum Gasteiger partial charge on any atom is 0.408 e. The van der Waals surface area contributed by atoms with Crippen LogP contribution in [0.4, 0.5) is 10.5 Å². The number of hydrogen-bond donors (Lipinski definition) is 3. The third-order valence-corrected chi connectivity index (χ3v) is 7.11. The number of ether oxygens (including phenoxy) is 1. The second-order valence-corrected chi connectivity index (χ2v) is 11.3. The molecule has 3 atom stereocenters. The van der Waals surface area contributed by atoms with Gasteiger partial charge in [-0.2, -0.15) is 12.6 Å². The molecule has 0 bridgehead atoms. The lowest BCUT2D eigenvalue weighted by Gasteiger charge is -2.38. The molecule has 0 aliphatic carbocycles. The highest BCUT2D eigenvalue weighted by Gasteiger charge is 2.39. The van der Waals surface area contributed by atoms with Crippen molar-refractivity contribution in [2.75, 3.05) is 11.1 Å². The van der Waals surface area contributed by atoms with Crippen LogP contribution in [-0.2, 0) is 14.3 Å². The van der Waals surface area contributed by atoms with Crippen LogP contribution < -0.4 is 10.6 Å². The van der Waals surface area contributed by atoms with Crippen molar-refractivity contribution in [1.82, 2.24) is 10.2 Å². The summed E-state index contributed by atoms with van der Waals surface area (Å²) in [6.07, 6.45) is -0.148. The average molecular weight is 562 g/mol. The zero-order valence-corrected chi connectivity index (χ0v) is 25.2. The minimum atomic E-state index is -1.01. The van der Waals surface area contributed by atoms with Crippen molar-refractivity contribution in [2.45, 2.75) is 85.5 Å². The third kappa shape index (κ3) is 7.90. The molecule has 208 valence electrons. The van der Waals surface area contributed by atoms with Gasteiger partial charge in [-0.1, -0.05) is 48.9 Å². The summed E-state index contributed by atoms with van der Waals surface area (Å²) < 4.78 is 5.37. The number of nitrogens with zero attached hydrogens (tertiary/aromatic N) is 1. The molecule has 7 nitrogen and oxygen atoms in total. The van der Waals surface area contributed by atoms with Crippen molar-refractivity contribution in [3.8, 4) is 0 Å². The summed E-state index contributed by atoms with van der Waals surface area (Å²) in [4.78, 5) is 42.2. The Kier molecular flexibility index (Phi) is 11.1. The largest absolute Gasteiger partial charge is 0.444 e. The van der Waals surface area contributed by atoms with E-state index in [-0.39, 0.29) is 11.8 Å². The molecular formula is C29H40ClN3O4S. The Balaban J connectivity index is 2.62. The predicted octanol–water partition coefficient (Wildman–Crippen LogP) is 6.40. The second-order valence-electron chi connectivity index (χ2n) is 10.5. The normalized spacial score (nSPS) is 13.7. The number of aryl methyl sites for hydroxylation is 2. The molecule has 0 radical (unpaired) electrons. The van der Waals surface area contributed by atoms with Gasteiger partial charge in [-0.3, -0.25) is 9.59 Å². The van der Waals surface area contributed by atoms with E-state index in [9.17, 15) is 14.4 Å². The highest BCUT2D eigenvalue weighted by molar-refractivity contribution is 7.80. The Morgan fingerprint density at radius 1 is 1.05 bits per heavy atom. The lowest BCUT2D eigenvalue weighted by molar-refractivity contribution is -0.143. The first-order chi connectivity index (χ1) is 17.7. The molecule has 0 saturated carbocycles. The monoisotopic (exact) mass is 561 g/mol. The van der Waals surface area contributed by atoms with Gasteiger partial charge in [0.15, 0.2) is 0 Å². The number of anilines is 1. The topological polar surface area (TPSA) is 87.7 Å². The fourth-order valence-electron chi connectivity index (χ4n) is 4.08. The Bertz CT molecular complexity index is 1140. The van der Waals surface area contributed by atoms with Crippen molar-refractivity contribution in [3.63, 3.8) is 0 Å². The van der Waals surface area contributed by atoms with E-state index in [1.807, 2.05) is 65.0 Å². The van der Waals surface area contributed by atoms with Gasteiger partial charge in [0.05, 0.1) is 10.7 Å². The van der Waals surface area contributed by atoms with Gasteiger partial charge in [0, 0.05) is 11.8 Å². The zero-order valence-electron chi connectivity index (χ0n) is 23.5. The molecule has 0 aromatic heterocycles. The van der Waals surface area contributed by atoms with E-state index < -0.39 is 35.6 Å². The number of benzene rings is 2. The fourth-order valence-corrected chi connectivity index (χ4v) is 4.60. The number of hydrogen-bond acceptors (Lipinski definition) is 5. The second kappa shape index (κ2) is 13.4. The summed E-state index contributed by atoms with van der Waals surface area (Å²) >= 11 is 10.8. The van der Waals surface area contributed by atoms with Crippen LogP contribution in [0.15, 0.2) is 36.4 Å².